The van der Waals surface area contributed by atoms with Crippen molar-refractivity contribution in [3.8, 4) is 0 Å². The van der Waals surface area contributed by atoms with Gasteiger partial charge in [0.1, 0.15) is 11.0 Å². The van der Waals surface area contributed by atoms with Crippen molar-refractivity contribution in [2.45, 2.75) is 36.9 Å². The Kier molecular flexibility index (Phi) is 10.0. The third kappa shape index (κ3) is 7.02. The van der Waals surface area contributed by atoms with E-state index < -0.39 is 10.0 Å². The standard InChI is InChI=1S/C18H29N5O4S.HI/c1-2-20-18(23-10-12-27-17(14-23)16-6-4-11-26-16)21-8-9-22-28(24,25)15-5-3-7-19-13-15;/h3,5,7,13,16-17,22H,2,4,6,8-12,14H2,1H3,(H,20,21);1H. The lowest BCUT2D eigenvalue weighted by atomic mass is 10.1. The molecule has 3 heterocycles. The SMILES string of the molecule is CCNC(=NCCNS(=O)(=O)c1cccnc1)N1CCOC(C2CCCO2)C1.I. The van der Waals surface area contributed by atoms with Crippen LogP contribution in [0.4, 0.5) is 0 Å². The quantitative estimate of drug-likeness (QED) is 0.229. The number of nitrogens with zero attached hydrogens (tertiary/aromatic N) is 3. The molecule has 2 fully saturated rings. The molecule has 2 N–H and O–H groups in total. The first-order valence-corrected chi connectivity index (χ1v) is 11.2. The molecule has 0 saturated carbocycles. The largest absolute Gasteiger partial charge is 0.375 e. The van der Waals surface area contributed by atoms with Gasteiger partial charge >= 0.3 is 0 Å². The zero-order valence-electron chi connectivity index (χ0n) is 16.6. The number of hydrogen-bond acceptors (Lipinski definition) is 6. The fourth-order valence-corrected chi connectivity index (χ4v) is 4.33. The topological polar surface area (TPSA) is 105 Å². The highest BCUT2D eigenvalue weighted by molar-refractivity contribution is 14.0. The monoisotopic (exact) mass is 539 g/mol. The lowest BCUT2D eigenvalue weighted by Gasteiger charge is -2.37. The van der Waals surface area contributed by atoms with Gasteiger partial charge in [-0.25, -0.2) is 13.1 Å². The van der Waals surface area contributed by atoms with E-state index in [4.69, 9.17) is 9.47 Å². The molecule has 2 unspecified atom stereocenters. The van der Waals surface area contributed by atoms with Crippen molar-refractivity contribution in [2.24, 2.45) is 4.99 Å². The summed E-state index contributed by atoms with van der Waals surface area (Å²) in [4.78, 5) is 10.7. The summed E-state index contributed by atoms with van der Waals surface area (Å²) in [6.45, 7) is 6.20. The summed E-state index contributed by atoms with van der Waals surface area (Å²) in [6, 6.07) is 3.11. The van der Waals surface area contributed by atoms with E-state index in [9.17, 15) is 8.42 Å². The molecule has 1 aromatic heterocycles. The number of halogens is 1. The van der Waals surface area contributed by atoms with Gasteiger partial charge in [-0.1, -0.05) is 0 Å². The molecule has 2 aliphatic rings. The fraction of sp³-hybridized carbons (Fsp3) is 0.667. The van der Waals surface area contributed by atoms with Gasteiger partial charge in [0.2, 0.25) is 10.0 Å². The molecule has 2 aliphatic heterocycles. The number of morpholine rings is 1. The Labute approximate surface area is 189 Å². The molecule has 0 aromatic carbocycles. The maximum absolute atomic E-state index is 12.2. The summed E-state index contributed by atoms with van der Waals surface area (Å²) in [7, 11) is -3.57. The van der Waals surface area contributed by atoms with Gasteiger partial charge in [0.25, 0.3) is 0 Å². The van der Waals surface area contributed by atoms with E-state index in [0.717, 1.165) is 45.0 Å². The summed E-state index contributed by atoms with van der Waals surface area (Å²) in [5.41, 5.74) is 0. The van der Waals surface area contributed by atoms with Crippen LogP contribution in [-0.2, 0) is 19.5 Å². The van der Waals surface area contributed by atoms with Crippen molar-refractivity contribution in [1.29, 1.82) is 0 Å². The number of hydrogen-bond donors (Lipinski definition) is 2. The minimum Gasteiger partial charge on any atom is -0.375 e. The summed E-state index contributed by atoms with van der Waals surface area (Å²) in [5, 5.41) is 3.29. The molecule has 0 aliphatic carbocycles. The predicted octanol–water partition coefficient (Wildman–Crippen LogP) is 0.823. The highest BCUT2D eigenvalue weighted by Crippen LogP contribution is 2.21. The molecule has 2 saturated heterocycles. The van der Waals surface area contributed by atoms with E-state index in [1.807, 2.05) is 6.92 Å². The average Bonchev–Trinajstić information content (AvgIpc) is 3.26. The van der Waals surface area contributed by atoms with Crippen molar-refractivity contribution >= 4 is 40.0 Å². The Morgan fingerprint density at radius 2 is 2.17 bits per heavy atom. The number of ether oxygens (including phenoxy) is 2. The molecule has 0 amide bonds. The first kappa shape index (κ1) is 24.3. The maximum atomic E-state index is 12.2. The number of aliphatic imine (C=N–C) groups is 1. The second-order valence-corrected chi connectivity index (χ2v) is 8.50. The van der Waals surface area contributed by atoms with E-state index in [1.165, 1.54) is 18.5 Å². The van der Waals surface area contributed by atoms with Gasteiger partial charge < -0.3 is 19.7 Å². The Morgan fingerprint density at radius 3 is 2.86 bits per heavy atom. The normalized spacial score (nSPS) is 22.9. The smallest absolute Gasteiger partial charge is 0.242 e. The van der Waals surface area contributed by atoms with E-state index in [-0.39, 0.29) is 47.6 Å². The second-order valence-electron chi connectivity index (χ2n) is 6.73. The zero-order chi connectivity index (χ0) is 19.8. The molecule has 3 rings (SSSR count). The van der Waals surface area contributed by atoms with Crippen LogP contribution in [0, 0.1) is 0 Å². The van der Waals surface area contributed by atoms with E-state index in [1.54, 1.807) is 6.07 Å². The minimum atomic E-state index is -3.57. The van der Waals surface area contributed by atoms with Crippen molar-refractivity contribution in [3.05, 3.63) is 24.5 Å². The molecule has 11 heteroatoms. The minimum absolute atomic E-state index is 0. The van der Waals surface area contributed by atoms with Gasteiger partial charge in [-0.2, -0.15) is 0 Å². The van der Waals surface area contributed by atoms with Crippen LogP contribution < -0.4 is 10.0 Å². The second kappa shape index (κ2) is 12.0. The number of pyridine rings is 1. The van der Waals surface area contributed by atoms with E-state index in [0.29, 0.717) is 13.2 Å². The molecular weight excluding hydrogens is 509 g/mol. The number of aromatic nitrogens is 1. The highest BCUT2D eigenvalue weighted by atomic mass is 127. The molecule has 0 bridgehead atoms. The number of sulfonamides is 1. The molecule has 9 nitrogen and oxygen atoms in total. The molecule has 29 heavy (non-hydrogen) atoms. The van der Waals surface area contributed by atoms with Crippen LogP contribution in [0.3, 0.4) is 0 Å². The lowest BCUT2D eigenvalue weighted by molar-refractivity contribution is -0.0817. The van der Waals surface area contributed by atoms with Crippen LogP contribution in [0.2, 0.25) is 0 Å². The van der Waals surface area contributed by atoms with Crippen molar-refractivity contribution < 1.29 is 17.9 Å². The Bertz CT molecular complexity index is 744. The molecule has 164 valence electrons. The summed E-state index contributed by atoms with van der Waals surface area (Å²) < 4.78 is 38.7. The summed E-state index contributed by atoms with van der Waals surface area (Å²) >= 11 is 0. The highest BCUT2D eigenvalue weighted by Gasteiger charge is 2.32. The van der Waals surface area contributed by atoms with Crippen molar-refractivity contribution in [3.63, 3.8) is 0 Å². The molecule has 2 atom stereocenters. The van der Waals surface area contributed by atoms with Crippen LogP contribution in [0.25, 0.3) is 0 Å². The number of rotatable bonds is 7. The maximum Gasteiger partial charge on any atom is 0.242 e. The van der Waals surface area contributed by atoms with Crippen LogP contribution in [0.1, 0.15) is 19.8 Å². The summed E-state index contributed by atoms with van der Waals surface area (Å²) in [6.07, 6.45) is 5.17. The van der Waals surface area contributed by atoms with Gasteiger partial charge in [-0.05, 0) is 31.9 Å². The van der Waals surface area contributed by atoms with Crippen molar-refractivity contribution in [1.82, 2.24) is 19.9 Å². The Balaban J connectivity index is 0.00000300. The average molecular weight is 539 g/mol. The third-order valence-corrected chi connectivity index (χ3v) is 6.16. The molecule has 0 spiro atoms. The molecular formula is C18H30IN5O4S. The lowest BCUT2D eigenvalue weighted by Crippen LogP contribution is -2.53. The Hall–Kier alpha value is -1.02. The van der Waals surface area contributed by atoms with Crippen LogP contribution in [0.15, 0.2) is 34.4 Å². The van der Waals surface area contributed by atoms with Gasteiger partial charge in [0.15, 0.2) is 5.96 Å². The zero-order valence-corrected chi connectivity index (χ0v) is 19.8. The van der Waals surface area contributed by atoms with E-state index >= 15 is 0 Å². The van der Waals surface area contributed by atoms with Gasteiger partial charge in [0.05, 0.1) is 19.3 Å². The third-order valence-electron chi connectivity index (χ3n) is 4.72. The first-order chi connectivity index (χ1) is 13.6. The number of nitrogens with one attached hydrogen (secondary N) is 2. The van der Waals surface area contributed by atoms with Crippen LogP contribution in [0.5, 0.6) is 0 Å². The Morgan fingerprint density at radius 1 is 1.34 bits per heavy atom. The van der Waals surface area contributed by atoms with Gasteiger partial charge in [-0.3, -0.25) is 9.98 Å². The van der Waals surface area contributed by atoms with Gasteiger partial charge in [0, 0.05) is 45.2 Å². The van der Waals surface area contributed by atoms with Crippen molar-refractivity contribution in [2.75, 3.05) is 45.9 Å². The summed E-state index contributed by atoms with van der Waals surface area (Å²) in [5.74, 6) is 0.773. The first-order valence-electron chi connectivity index (χ1n) is 9.76. The van der Waals surface area contributed by atoms with Gasteiger partial charge in [-0.15, -0.1) is 24.0 Å². The van der Waals surface area contributed by atoms with Crippen LogP contribution in [-0.4, -0.2) is 82.4 Å². The van der Waals surface area contributed by atoms with Crippen LogP contribution >= 0.6 is 24.0 Å². The molecule has 1 aromatic rings. The molecule has 0 radical (unpaired) electrons. The van der Waals surface area contributed by atoms with E-state index in [2.05, 4.69) is 24.9 Å². The fourth-order valence-electron chi connectivity index (χ4n) is 3.35. The predicted molar refractivity (Wildman–Crippen MR) is 121 cm³/mol. The number of guanidine groups is 1.